The van der Waals surface area contributed by atoms with Gasteiger partial charge >= 0.3 is 0 Å². The summed E-state index contributed by atoms with van der Waals surface area (Å²) in [5.74, 6) is 2.61. The molecule has 0 amide bonds. The monoisotopic (exact) mass is 263 g/mol. The number of rotatable bonds is 4. The third kappa shape index (κ3) is 3.91. The second-order valence-corrected chi connectivity index (χ2v) is 4.41. The molecule has 0 saturated heterocycles. The minimum atomic E-state index is 0.646. The number of likely N-dealkylation sites (N-methyl/N-ethyl adjacent to an activating group) is 1. The van der Waals surface area contributed by atoms with Gasteiger partial charge in [-0.3, -0.25) is 4.90 Å². The van der Waals surface area contributed by atoms with E-state index in [1.165, 1.54) is 0 Å². The summed E-state index contributed by atoms with van der Waals surface area (Å²) in [7, 11) is 1.99. The van der Waals surface area contributed by atoms with Crippen molar-refractivity contribution in [3.8, 4) is 12.3 Å². The first-order valence-electron chi connectivity index (χ1n) is 4.69. The van der Waals surface area contributed by atoms with Crippen molar-refractivity contribution in [3.05, 3.63) is 40.9 Å². The van der Waals surface area contributed by atoms with Crippen molar-refractivity contribution in [2.75, 3.05) is 20.1 Å². The topological polar surface area (TPSA) is 3.24 Å². The van der Waals surface area contributed by atoms with E-state index in [4.69, 9.17) is 6.42 Å². The van der Waals surface area contributed by atoms with Crippen LogP contribution in [0, 0.1) is 12.3 Å². The smallest absolute Gasteiger partial charge is 0.0599 e. The molecular formula is C13H14BrN. The van der Waals surface area contributed by atoms with Gasteiger partial charge in [0, 0.05) is 11.0 Å². The fourth-order valence-corrected chi connectivity index (χ4v) is 1.74. The molecule has 0 aromatic heterocycles. The molecule has 78 valence electrons. The minimum Gasteiger partial charge on any atom is -0.291 e. The Kier molecular flexibility index (Phi) is 4.61. The highest BCUT2D eigenvalue weighted by atomic mass is 79.9. The van der Waals surface area contributed by atoms with Crippen LogP contribution in [-0.4, -0.2) is 25.0 Å². The van der Waals surface area contributed by atoms with Gasteiger partial charge in [0.15, 0.2) is 0 Å². The Balaban J connectivity index is 2.66. The third-order valence-corrected chi connectivity index (χ3v) is 2.55. The second kappa shape index (κ2) is 5.75. The largest absolute Gasteiger partial charge is 0.291 e. The standard InChI is InChI=1S/C13H14BrN/c1-4-8-15(3)10-11(2)12-6-5-7-13(14)9-12/h1,5-7,9H,2,8,10H2,3H3. The zero-order valence-corrected chi connectivity index (χ0v) is 10.4. The van der Waals surface area contributed by atoms with Crippen LogP contribution in [0.1, 0.15) is 5.56 Å². The van der Waals surface area contributed by atoms with E-state index >= 15 is 0 Å². The van der Waals surface area contributed by atoms with Gasteiger partial charge in [-0.05, 0) is 30.3 Å². The Morgan fingerprint density at radius 3 is 2.93 bits per heavy atom. The average molecular weight is 264 g/mol. The van der Waals surface area contributed by atoms with Crippen LogP contribution in [0.25, 0.3) is 5.57 Å². The lowest BCUT2D eigenvalue weighted by molar-refractivity contribution is 0.425. The van der Waals surface area contributed by atoms with Crippen molar-refractivity contribution >= 4 is 21.5 Å². The predicted molar refractivity (Wildman–Crippen MR) is 69.5 cm³/mol. The number of hydrogen-bond acceptors (Lipinski definition) is 1. The van der Waals surface area contributed by atoms with Gasteiger partial charge in [-0.15, -0.1) is 6.42 Å². The maximum atomic E-state index is 5.24. The molecule has 0 atom stereocenters. The van der Waals surface area contributed by atoms with Crippen molar-refractivity contribution in [1.82, 2.24) is 4.90 Å². The van der Waals surface area contributed by atoms with Gasteiger partial charge in [0.1, 0.15) is 0 Å². The number of halogens is 1. The van der Waals surface area contributed by atoms with E-state index in [1.807, 2.05) is 19.2 Å². The van der Waals surface area contributed by atoms with E-state index in [2.05, 4.69) is 45.5 Å². The van der Waals surface area contributed by atoms with Crippen LogP contribution in [0.3, 0.4) is 0 Å². The minimum absolute atomic E-state index is 0.646. The van der Waals surface area contributed by atoms with Gasteiger partial charge < -0.3 is 0 Å². The summed E-state index contributed by atoms with van der Waals surface area (Å²) < 4.78 is 1.07. The molecule has 0 aliphatic rings. The van der Waals surface area contributed by atoms with Crippen LogP contribution in [0.2, 0.25) is 0 Å². The molecule has 0 bridgehead atoms. The highest BCUT2D eigenvalue weighted by molar-refractivity contribution is 9.10. The maximum absolute atomic E-state index is 5.24. The molecule has 0 spiro atoms. The summed E-state index contributed by atoms with van der Waals surface area (Å²) in [5, 5.41) is 0. The molecule has 0 fully saturated rings. The zero-order valence-electron chi connectivity index (χ0n) is 8.83. The molecule has 0 heterocycles. The summed E-state index contributed by atoms with van der Waals surface area (Å²) >= 11 is 3.44. The Bertz CT molecular complexity index is 390. The molecule has 1 rings (SSSR count). The lowest BCUT2D eigenvalue weighted by Crippen LogP contribution is -2.20. The van der Waals surface area contributed by atoms with E-state index in [0.717, 1.165) is 22.2 Å². The lowest BCUT2D eigenvalue weighted by atomic mass is 10.1. The molecule has 1 nitrogen and oxygen atoms in total. The van der Waals surface area contributed by atoms with E-state index in [0.29, 0.717) is 6.54 Å². The average Bonchev–Trinajstić information content (AvgIpc) is 2.18. The van der Waals surface area contributed by atoms with Crippen molar-refractivity contribution in [1.29, 1.82) is 0 Å². The molecule has 15 heavy (non-hydrogen) atoms. The van der Waals surface area contributed by atoms with E-state index in [9.17, 15) is 0 Å². The maximum Gasteiger partial charge on any atom is 0.0599 e. The Hall–Kier alpha value is -1.04. The first-order valence-corrected chi connectivity index (χ1v) is 5.48. The predicted octanol–water partition coefficient (Wildman–Crippen LogP) is 3.03. The highest BCUT2D eigenvalue weighted by Crippen LogP contribution is 2.18. The zero-order chi connectivity index (χ0) is 11.3. The Morgan fingerprint density at radius 1 is 1.60 bits per heavy atom. The quantitative estimate of drug-likeness (QED) is 0.755. The van der Waals surface area contributed by atoms with Crippen LogP contribution in [0.4, 0.5) is 0 Å². The van der Waals surface area contributed by atoms with Crippen LogP contribution >= 0.6 is 15.9 Å². The molecule has 0 aliphatic carbocycles. The van der Waals surface area contributed by atoms with Crippen molar-refractivity contribution in [3.63, 3.8) is 0 Å². The van der Waals surface area contributed by atoms with E-state index < -0.39 is 0 Å². The fourth-order valence-electron chi connectivity index (χ4n) is 1.34. The molecule has 0 N–H and O–H groups in total. The normalized spacial score (nSPS) is 10.0. The molecule has 2 heteroatoms. The molecule has 0 aliphatic heterocycles. The summed E-state index contributed by atoms with van der Waals surface area (Å²) in [6.45, 7) is 5.50. The first kappa shape index (κ1) is 12.0. The Morgan fingerprint density at radius 2 is 2.33 bits per heavy atom. The fraction of sp³-hybridized carbons (Fsp3) is 0.231. The Labute approximate surface area is 99.9 Å². The van der Waals surface area contributed by atoms with E-state index in [-0.39, 0.29) is 0 Å². The van der Waals surface area contributed by atoms with Crippen LogP contribution in [0.15, 0.2) is 35.3 Å². The van der Waals surface area contributed by atoms with Gasteiger partial charge in [0.05, 0.1) is 6.54 Å². The molecular weight excluding hydrogens is 250 g/mol. The SMILES string of the molecule is C#CCN(C)CC(=C)c1cccc(Br)c1. The van der Waals surface area contributed by atoms with Crippen LogP contribution in [0.5, 0.6) is 0 Å². The molecule has 0 saturated carbocycles. The van der Waals surface area contributed by atoms with Crippen molar-refractivity contribution in [2.45, 2.75) is 0 Å². The number of benzene rings is 1. The summed E-state index contributed by atoms with van der Waals surface area (Å²) in [6, 6.07) is 8.12. The lowest BCUT2D eigenvalue weighted by Gasteiger charge is -2.15. The van der Waals surface area contributed by atoms with E-state index in [1.54, 1.807) is 0 Å². The van der Waals surface area contributed by atoms with Gasteiger partial charge in [0.25, 0.3) is 0 Å². The van der Waals surface area contributed by atoms with Crippen LogP contribution in [-0.2, 0) is 0 Å². The molecule has 1 aromatic rings. The summed E-state index contributed by atoms with van der Waals surface area (Å²) in [5.41, 5.74) is 2.22. The highest BCUT2D eigenvalue weighted by Gasteiger charge is 2.02. The number of terminal acetylenes is 1. The van der Waals surface area contributed by atoms with Gasteiger partial charge in [-0.1, -0.05) is 40.6 Å². The van der Waals surface area contributed by atoms with Gasteiger partial charge in [0.2, 0.25) is 0 Å². The van der Waals surface area contributed by atoms with Gasteiger partial charge in [-0.2, -0.15) is 0 Å². The summed E-state index contributed by atoms with van der Waals surface area (Å²) in [6.07, 6.45) is 5.24. The number of nitrogens with zero attached hydrogens (tertiary/aromatic N) is 1. The molecule has 1 aromatic carbocycles. The second-order valence-electron chi connectivity index (χ2n) is 3.49. The third-order valence-electron chi connectivity index (χ3n) is 2.05. The molecule has 0 radical (unpaired) electrons. The van der Waals surface area contributed by atoms with Gasteiger partial charge in [-0.25, -0.2) is 0 Å². The van der Waals surface area contributed by atoms with Crippen LogP contribution < -0.4 is 0 Å². The number of hydrogen-bond donors (Lipinski definition) is 0. The summed E-state index contributed by atoms with van der Waals surface area (Å²) in [4.78, 5) is 2.06. The first-order chi connectivity index (χ1) is 7.13. The van der Waals surface area contributed by atoms with Crippen molar-refractivity contribution in [2.24, 2.45) is 0 Å². The molecule has 0 unspecified atom stereocenters. The van der Waals surface area contributed by atoms with Crippen molar-refractivity contribution < 1.29 is 0 Å².